The molecule has 1 aliphatic rings. The van der Waals surface area contributed by atoms with E-state index < -0.39 is 5.97 Å². The normalized spacial score (nSPS) is 15.3. The molecule has 1 aromatic rings. The SMILES string of the molecule is O=C([O-])CC1CN(c2cncnc2)C1.[Li+]. The van der Waals surface area contributed by atoms with Gasteiger partial charge in [-0.3, -0.25) is 0 Å². The first kappa shape index (κ1) is 12.0. The maximum Gasteiger partial charge on any atom is 1.00 e. The minimum Gasteiger partial charge on any atom is -0.550 e. The van der Waals surface area contributed by atoms with Crippen LogP contribution in [0, 0.1) is 5.92 Å². The molecule has 1 aliphatic heterocycles. The Balaban J connectivity index is 0.00000112. The maximum absolute atomic E-state index is 10.3. The first-order valence-corrected chi connectivity index (χ1v) is 4.45. The van der Waals surface area contributed by atoms with E-state index in [9.17, 15) is 9.90 Å². The molecule has 0 aromatic carbocycles. The standard InChI is InChI=1S/C9H11N3O2.Li/c13-9(14)1-7-4-12(5-7)8-2-10-6-11-3-8;/h2-3,6-7H,1,4-5H2,(H,13,14);/q;+1/p-1. The third-order valence-corrected chi connectivity index (χ3v) is 2.32. The summed E-state index contributed by atoms with van der Waals surface area (Å²) in [7, 11) is 0. The van der Waals surface area contributed by atoms with Crippen molar-refractivity contribution in [3.63, 3.8) is 0 Å². The molecule has 0 bridgehead atoms. The number of carbonyl (C=O) groups is 1. The maximum atomic E-state index is 10.3. The van der Waals surface area contributed by atoms with Gasteiger partial charge in [-0.1, -0.05) is 0 Å². The van der Waals surface area contributed by atoms with Crippen LogP contribution in [0.2, 0.25) is 0 Å². The summed E-state index contributed by atoms with van der Waals surface area (Å²) in [4.78, 5) is 20.1. The first-order valence-electron chi connectivity index (χ1n) is 4.45. The van der Waals surface area contributed by atoms with Gasteiger partial charge in [-0.25, -0.2) is 9.97 Å². The van der Waals surface area contributed by atoms with Crippen LogP contribution in [0.4, 0.5) is 5.69 Å². The fourth-order valence-corrected chi connectivity index (χ4v) is 1.60. The Labute approximate surface area is 99.7 Å². The average Bonchev–Trinajstić information content (AvgIpc) is 2.12. The summed E-state index contributed by atoms with van der Waals surface area (Å²) in [5.41, 5.74) is 0.946. The summed E-state index contributed by atoms with van der Waals surface area (Å²) in [6, 6.07) is 0. The summed E-state index contributed by atoms with van der Waals surface area (Å²) in [5.74, 6) is -0.765. The average molecular weight is 199 g/mol. The van der Waals surface area contributed by atoms with Crippen molar-refractivity contribution in [1.29, 1.82) is 0 Å². The Morgan fingerprint density at radius 3 is 2.60 bits per heavy atom. The van der Waals surface area contributed by atoms with Gasteiger partial charge in [-0.05, 0) is 12.3 Å². The largest absolute Gasteiger partial charge is 1.00 e. The fourth-order valence-electron chi connectivity index (χ4n) is 1.60. The molecule has 5 nitrogen and oxygen atoms in total. The van der Waals surface area contributed by atoms with Crippen LogP contribution in [0.1, 0.15) is 6.42 Å². The third-order valence-electron chi connectivity index (χ3n) is 2.32. The molecule has 1 saturated heterocycles. The molecule has 0 saturated carbocycles. The molecule has 0 amide bonds. The number of carbonyl (C=O) groups excluding carboxylic acids is 1. The number of carboxylic acid groups (broad SMARTS) is 1. The Morgan fingerprint density at radius 2 is 2.07 bits per heavy atom. The number of anilines is 1. The minimum absolute atomic E-state index is 0. The summed E-state index contributed by atoms with van der Waals surface area (Å²) in [5, 5.41) is 10.3. The number of hydrogen-bond acceptors (Lipinski definition) is 5. The third kappa shape index (κ3) is 2.95. The first-order chi connectivity index (χ1) is 6.75. The molecule has 1 fully saturated rings. The van der Waals surface area contributed by atoms with Crippen molar-refractivity contribution < 1.29 is 28.8 Å². The molecule has 0 N–H and O–H groups in total. The molecule has 0 atom stereocenters. The van der Waals surface area contributed by atoms with E-state index in [1.165, 1.54) is 6.33 Å². The van der Waals surface area contributed by atoms with Gasteiger partial charge in [0.15, 0.2) is 0 Å². The quantitative estimate of drug-likeness (QED) is 0.465. The number of carboxylic acids is 1. The van der Waals surface area contributed by atoms with E-state index in [2.05, 4.69) is 9.97 Å². The van der Waals surface area contributed by atoms with Gasteiger partial charge >= 0.3 is 18.9 Å². The molecule has 2 heterocycles. The van der Waals surface area contributed by atoms with E-state index in [1.807, 2.05) is 4.90 Å². The monoisotopic (exact) mass is 199 g/mol. The van der Waals surface area contributed by atoms with Crippen molar-refractivity contribution in [2.75, 3.05) is 18.0 Å². The van der Waals surface area contributed by atoms with Crippen molar-refractivity contribution in [3.8, 4) is 0 Å². The summed E-state index contributed by atoms with van der Waals surface area (Å²) < 4.78 is 0. The molecular weight excluding hydrogens is 189 g/mol. The van der Waals surface area contributed by atoms with Crippen LogP contribution in [0.15, 0.2) is 18.7 Å². The molecular formula is C9H10LiN3O2. The van der Waals surface area contributed by atoms with Crippen LogP contribution in [0.3, 0.4) is 0 Å². The molecule has 6 heteroatoms. The Bertz CT molecular complexity index is 327. The van der Waals surface area contributed by atoms with Crippen molar-refractivity contribution >= 4 is 11.7 Å². The molecule has 0 unspecified atom stereocenters. The van der Waals surface area contributed by atoms with E-state index in [4.69, 9.17) is 0 Å². The topological polar surface area (TPSA) is 69.2 Å². The minimum atomic E-state index is -0.973. The Kier molecular flexibility index (Phi) is 4.12. The van der Waals surface area contributed by atoms with Crippen molar-refractivity contribution in [2.24, 2.45) is 5.92 Å². The second-order valence-electron chi connectivity index (χ2n) is 3.44. The number of rotatable bonds is 3. The van der Waals surface area contributed by atoms with Gasteiger partial charge < -0.3 is 14.8 Å². The van der Waals surface area contributed by atoms with Gasteiger partial charge in [0, 0.05) is 19.1 Å². The van der Waals surface area contributed by atoms with Crippen LogP contribution in [0.5, 0.6) is 0 Å². The van der Waals surface area contributed by atoms with Crippen molar-refractivity contribution in [1.82, 2.24) is 9.97 Å². The molecule has 74 valence electrons. The van der Waals surface area contributed by atoms with Crippen LogP contribution < -0.4 is 28.9 Å². The summed E-state index contributed by atoms with van der Waals surface area (Å²) in [6.45, 7) is 1.50. The second-order valence-corrected chi connectivity index (χ2v) is 3.44. The van der Waals surface area contributed by atoms with Crippen LogP contribution in [-0.2, 0) is 4.79 Å². The molecule has 15 heavy (non-hydrogen) atoms. The zero-order chi connectivity index (χ0) is 9.97. The molecule has 0 radical (unpaired) electrons. The molecule has 0 spiro atoms. The fraction of sp³-hybridized carbons (Fsp3) is 0.444. The van der Waals surface area contributed by atoms with Crippen LogP contribution in [0.25, 0.3) is 0 Å². The summed E-state index contributed by atoms with van der Waals surface area (Å²) in [6.07, 6.45) is 5.07. The van der Waals surface area contributed by atoms with Gasteiger partial charge in [0.05, 0.1) is 18.1 Å². The van der Waals surface area contributed by atoms with Gasteiger partial charge in [-0.2, -0.15) is 0 Å². The van der Waals surface area contributed by atoms with E-state index in [0.29, 0.717) is 0 Å². The summed E-state index contributed by atoms with van der Waals surface area (Å²) >= 11 is 0. The van der Waals surface area contributed by atoms with Gasteiger partial charge in [0.25, 0.3) is 0 Å². The van der Waals surface area contributed by atoms with Crippen LogP contribution in [-0.4, -0.2) is 29.0 Å². The predicted octanol–water partition coefficient (Wildman–Crippen LogP) is -3.94. The number of nitrogens with zero attached hydrogens (tertiary/aromatic N) is 3. The van der Waals surface area contributed by atoms with E-state index in [-0.39, 0.29) is 31.2 Å². The second kappa shape index (κ2) is 5.15. The van der Waals surface area contributed by atoms with Gasteiger partial charge in [-0.15, -0.1) is 0 Å². The zero-order valence-corrected chi connectivity index (χ0v) is 8.59. The zero-order valence-electron chi connectivity index (χ0n) is 8.59. The van der Waals surface area contributed by atoms with E-state index in [0.717, 1.165) is 18.8 Å². The predicted molar refractivity (Wildman–Crippen MR) is 47.4 cm³/mol. The number of hydrogen-bond donors (Lipinski definition) is 0. The smallest absolute Gasteiger partial charge is 0.550 e. The Hall–Kier alpha value is -1.05. The van der Waals surface area contributed by atoms with Crippen molar-refractivity contribution in [2.45, 2.75) is 6.42 Å². The molecule has 1 aromatic heterocycles. The van der Waals surface area contributed by atoms with Gasteiger partial charge in [0.1, 0.15) is 6.33 Å². The molecule has 2 rings (SSSR count). The van der Waals surface area contributed by atoms with Gasteiger partial charge in [0.2, 0.25) is 0 Å². The van der Waals surface area contributed by atoms with Crippen LogP contribution >= 0.6 is 0 Å². The van der Waals surface area contributed by atoms with E-state index >= 15 is 0 Å². The van der Waals surface area contributed by atoms with E-state index in [1.54, 1.807) is 12.4 Å². The molecule has 0 aliphatic carbocycles. The number of aromatic nitrogens is 2. The Morgan fingerprint density at radius 1 is 1.47 bits per heavy atom. The number of aliphatic carboxylic acids is 1. The van der Waals surface area contributed by atoms with Crippen molar-refractivity contribution in [3.05, 3.63) is 18.7 Å².